The molecular formula is C55H83F15N8O13. The largest absolute Gasteiger partial charge is 0.490 e. The van der Waals surface area contributed by atoms with Gasteiger partial charge < -0.3 is 61.8 Å². The summed E-state index contributed by atoms with van der Waals surface area (Å²) in [7, 11) is 0. The Morgan fingerprint density at radius 1 is 0.659 bits per heavy atom. The van der Waals surface area contributed by atoms with Crippen molar-refractivity contribution in [3.8, 4) is 0 Å². The molecule has 3 saturated carbocycles. The molecule has 0 spiro atoms. The van der Waals surface area contributed by atoms with E-state index in [9.17, 15) is 75.4 Å². The predicted octanol–water partition coefficient (Wildman–Crippen LogP) is 8.23. The normalized spacial score (nSPS) is 24.5. The van der Waals surface area contributed by atoms with Crippen LogP contribution >= 0.6 is 0 Å². The molecule has 6 rings (SSSR count). The number of carboxylic acids is 5. The van der Waals surface area contributed by atoms with Crippen molar-refractivity contribution in [3.05, 3.63) is 29.9 Å². The van der Waals surface area contributed by atoms with Crippen molar-refractivity contribution < 1.29 is 130 Å². The van der Waals surface area contributed by atoms with Crippen LogP contribution in [0.5, 0.6) is 0 Å². The standard InChI is InChI=1S/C45H78N8O3.5C2HF3O2/c1-32(2)7-6-8-33(3)38-11-12-39-37-10-9-34-27-36(13-15-44(34,4)40(37)14-16-45(38,39)5)56-26-23-50-43(55)41(28-35-29-49-31-51-35)52-42(54)30-53-24-21-47-19-17-46-18-20-48-22-25-53;5*3-2(4,5)1(6)7/h9,29,31-33,36-41,46-48H,6-8,10-28,30H2,1-5H3,(H,49,51)(H,50,55)(H,52,54);5*(H,6,7)/t33-,36+,37+,38-,39+,40+,41+,44+,45-;;;;;/m1...../s1. The molecule has 1 aromatic heterocycles. The van der Waals surface area contributed by atoms with Gasteiger partial charge in [-0.15, -0.1) is 0 Å². The van der Waals surface area contributed by atoms with E-state index in [1.54, 1.807) is 18.1 Å². The zero-order valence-corrected chi connectivity index (χ0v) is 50.7. The van der Waals surface area contributed by atoms with E-state index in [-0.39, 0.29) is 24.5 Å². The van der Waals surface area contributed by atoms with Gasteiger partial charge in [0.05, 0.1) is 25.6 Å². The molecule has 1 aromatic rings. The van der Waals surface area contributed by atoms with Gasteiger partial charge in [-0.25, -0.2) is 29.0 Å². The van der Waals surface area contributed by atoms with Gasteiger partial charge in [-0.2, -0.15) is 65.9 Å². The second kappa shape index (κ2) is 37.6. The van der Waals surface area contributed by atoms with E-state index >= 15 is 0 Å². The summed E-state index contributed by atoms with van der Waals surface area (Å²) in [6.45, 7) is 20.5. The van der Waals surface area contributed by atoms with Gasteiger partial charge in [0, 0.05) is 77.2 Å². The number of nitrogens with zero attached hydrogens (tertiary/aromatic N) is 2. The number of nitrogens with one attached hydrogen (secondary N) is 6. The first-order valence-electron chi connectivity index (χ1n) is 29.0. The molecule has 36 heteroatoms. The number of halogens is 15. The van der Waals surface area contributed by atoms with Crippen molar-refractivity contribution in [1.29, 1.82) is 0 Å². The minimum absolute atomic E-state index is 0.148. The topological polar surface area (TPSA) is 322 Å². The highest BCUT2D eigenvalue weighted by molar-refractivity contribution is 5.88. The number of hydrogen-bond acceptors (Lipinski definition) is 13. The third kappa shape index (κ3) is 30.5. The Balaban J connectivity index is 0.000000955. The highest BCUT2D eigenvalue weighted by Gasteiger charge is 2.59. The van der Waals surface area contributed by atoms with Crippen molar-refractivity contribution in [1.82, 2.24) is 41.5 Å². The van der Waals surface area contributed by atoms with Crippen LogP contribution in [0.15, 0.2) is 24.2 Å². The van der Waals surface area contributed by atoms with Gasteiger partial charge in [0.15, 0.2) is 0 Å². The van der Waals surface area contributed by atoms with Crippen molar-refractivity contribution >= 4 is 41.7 Å². The molecule has 2 amide bonds. The van der Waals surface area contributed by atoms with Crippen LogP contribution in [0.25, 0.3) is 0 Å². The lowest BCUT2D eigenvalue weighted by Gasteiger charge is -2.58. The number of fused-ring (bicyclic) bond motifs is 5. The average Bonchev–Trinajstić information content (AvgIpc) is 1.70. The van der Waals surface area contributed by atoms with Crippen LogP contribution in [0.1, 0.15) is 111 Å². The number of alkyl halides is 15. The number of amides is 2. The second-order valence-electron chi connectivity index (χ2n) is 23.3. The average molecular weight is 1350 g/mol. The quantitative estimate of drug-likeness (QED) is 0.0447. The van der Waals surface area contributed by atoms with Crippen LogP contribution in [-0.4, -0.2) is 197 Å². The lowest BCUT2D eigenvalue weighted by Crippen LogP contribution is -2.52. The summed E-state index contributed by atoms with van der Waals surface area (Å²) in [6, 6.07) is -0.700. The Labute approximate surface area is 514 Å². The van der Waals surface area contributed by atoms with E-state index in [0.29, 0.717) is 30.4 Å². The summed E-state index contributed by atoms with van der Waals surface area (Å²) >= 11 is 0. The molecule has 0 bridgehead atoms. The summed E-state index contributed by atoms with van der Waals surface area (Å²) < 4.78 is 165. The number of imidazole rings is 1. The molecule has 4 aliphatic carbocycles. The number of carbonyl (C=O) groups excluding carboxylic acids is 2. The number of aliphatic carboxylic acids is 5. The molecule has 4 fully saturated rings. The number of allylic oxidation sites excluding steroid dienone is 1. The third-order valence-electron chi connectivity index (χ3n) is 16.4. The fourth-order valence-electron chi connectivity index (χ4n) is 12.1. The summed E-state index contributed by atoms with van der Waals surface area (Å²) in [4.78, 5) is 80.7. The van der Waals surface area contributed by atoms with Gasteiger partial charge in [-0.3, -0.25) is 14.5 Å². The minimum Gasteiger partial charge on any atom is -0.475 e. The number of rotatable bonds is 15. The molecule has 91 heavy (non-hydrogen) atoms. The molecule has 2 heterocycles. The monoisotopic (exact) mass is 1350 g/mol. The first kappa shape index (κ1) is 83.0. The summed E-state index contributed by atoms with van der Waals surface area (Å²) in [5.74, 6) is -9.05. The van der Waals surface area contributed by atoms with Crippen LogP contribution in [-0.2, 0) is 44.7 Å². The Morgan fingerprint density at radius 2 is 1.13 bits per heavy atom. The molecule has 0 unspecified atom stereocenters. The summed E-state index contributed by atoms with van der Waals surface area (Å²) in [5, 5.41) is 52.0. The Morgan fingerprint density at radius 3 is 1.57 bits per heavy atom. The van der Waals surface area contributed by atoms with Gasteiger partial charge >= 0.3 is 60.7 Å². The Hall–Kier alpha value is -6.01. The Kier molecular flexibility index (Phi) is 34.3. The second-order valence-corrected chi connectivity index (χ2v) is 23.3. The number of ether oxygens (including phenoxy) is 1. The van der Waals surface area contributed by atoms with Crippen molar-refractivity contribution in [2.24, 2.45) is 46.3 Å². The molecule has 0 aromatic carbocycles. The van der Waals surface area contributed by atoms with Crippen molar-refractivity contribution in [2.45, 2.75) is 155 Å². The maximum absolute atomic E-state index is 13.5. The first-order chi connectivity index (χ1) is 41.8. The van der Waals surface area contributed by atoms with E-state index in [4.69, 9.17) is 54.2 Å². The predicted molar refractivity (Wildman–Crippen MR) is 294 cm³/mol. The first-order valence-corrected chi connectivity index (χ1v) is 29.0. The number of H-pyrrole nitrogens is 1. The summed E-state index contributed by atoms with van der Waals surface area (Å²) in [6.07, 6.45) is -4.51. The highest BCUT2D eigenvalue weighted by atomic mass is 19.4. The molecule has 21 nitrogen and oxygen atoms in total. The molecule has 1 aliphatic heterocycles. The third-order valence-corrected chi connectivity index (χ3v) is 16.4. The maximum Gasteiger partial charge on any atom is 0.490 e. The number of carboxylic acid groups (broad SMARTS) is 5. The van der Waals surface area contributed by atoms with Crippen molar-refractivity contribution in [2.75, 3.05) is 72.1 Å². The zero-order valence-electron chi connectivity index (χ0n) is 50.7. The number of hydrogen-bond donors (Lipinski definition) is 11. The van der Waals surface area contributed by atoms with Crippen molar-refractivity contribution in [3.63, 3.8) is 0 Å². The molecule has 9 atom stereocenters. The molecule has 11 N–H and O–H groups in total. The van der Waals surface area contributed by atoms with E-state index < -0.39 is 66.8 Å². The van der Waals surface area contributed by atoms with E-state index in [1.807, 2.05) is 0 Å². The van der Waals surface area contributed by atoms with Crippen LogP contribution in [0, 0.1) is 46.3 Å². The van der Waals surface area contributed by atoms with Gasteiger partial charge in [-0.05, 0) is 97.7 Å². The van der Waals surface area contributed by atoms with Gasteiger partial charge in [-0.1, -0.05) is 65.5 Å². The number of carbonyl (C=O) groups is 7. The molecule has 5 aliphatic rings. The molecule has 1 saturated heterocycles. The lowest BCUT2D eigenvalue weighted by molar-refractivity contribution is -0.193. The number of aromatic nitrogens is 2. The van der Waals surface area contributed by atoms with Crippen LogP contribution in [0.4, 0.5) is 65.9 Å². The van der Waals surface area contributed by atoms with Crippen LogP contribution in [0.2, 0.25) is 0 Å². The lowest BCUT2D eigenvalue weighted by atomic mass is 9.47. The fraction of sp³-hybridized carbons (Fsp3) is 0.782. The Bertz CT molecular complexity index is 2300. The highest BCUT2D eigenvalue weighted by Crippen LogP contribution is 2.67. The van der Waals surface area contributed by atoms with Crippen LogP contribution in [0.3, 0.4) is 0 Å². The van der Waals surface area contributed by atoms with E-state index in [1.165, 1.54) is 57.8 Å². The molecular weight excluding hydrogens is 1270 g/mol. The van der Waals surface area contributed by atoms with Gasteiger partial charge in [0.25, 0.3) is 0 Å². The zero-order chi connectivity index (χ0) is 69.9. The van der Waals surface area contributed by atoms with Gasteiger partial charge in [0.1, 0.15) is 6.04 Å². The van der Waals surface area contributed by atoms with Crippen LogP contribution < -0.4 is 26.6 Å². The summed E-state index contributed by atoms with van der Waals surface area (Å²) in [5.41, 5.74) is 3.27. The van der Waals surface area contributed by atoms with E-state index in [0.717, 1.165) is 106 Å². The SMILES string of the molecule is CC(C)CCC[C@@H](C)[C@H]1CC[C@H]2[C@@H]3CC=C4C[C@@H](OCCNC(=O)[C@H](Cc5cnc[nH]5)NC(=O)CN5CCNCCNCCNCC5)CC[C@]4(C)[C@H]3CC[C@]12C.O=C(O)C(F)(F)F.O=C(O)C(F)(F)F.O=C(O)C(F)(F)F.O=C(O)C(F)(F)F.O=C(O)C(F)(F)F. The van der Waals surface area contributed by atoms with E-state index in [2.05, 4.69) is 82.1 Å². The number of aromatic amines is 1. The molecule has 526 valence electrons. The smallest absolute Gasteiger partial charge is 0.475 e. The minimum atomic E-state index is -5.08. The maximum atomic E-state index is 13.5. The molecule has 0 radical (unpaired) electrons. The van der Waals surface area contributed by atoms with Gasteiger partial charge in [0.2, 0.25) is 11.8 Å². The fourth-order valence-corrected chi connectivity index (χ4v) is 12.1.